The number of ether oxygens (including phenoxy) is 2. The molecule has 2 saturated heterocycles. The number of likely N-dealkylation sites (tertiary alicyclic amines) is 1. The topological polar surface area (TPSA) is 86.1 Å². The van der Waals surface area contributed by atoms with Crippen LogP contribution in [0, 0.1) is 17.4 Å². The molecule has 0 aromatic carbocycles. The summed E-state index contributed by atoms with van der Waals surface area (Å²) in [6, 6.07) is 0.436. The Morgan fingerprint density at radius 2 is 1.83 bits per heavy atom. The fourth-order valence-corrected chi connectivity index (χ4v) is 4.79. The van der Waals surface area contributed by atoms with Gasteiger partial charge in [-0.05, 0) is 31.6 Å². The van der Waals surface area contributed by atoms with E-state index in [2.05, 4.69) is 11.1 Å². The summed E-state index contributed by atoms with van der Waals surface area (Å²) in [6.07, 6.45) is 8.14. The van der Waals surface area contributed by atoms with E-state index in [9.17, 15) is 14.9 Å². The maximum Gasteiger partial charge on any atom is 0.410 e. The summed E-state index contributed by atoms with van der Waals surface area (Å²) >= 11 is 0. The highest BCUT2D eigenvalue weighted by molar-refractivity contribution is 5.85. The summed E-state index contributed by atoms with van der Waals surface area (Å²) < 4.78 is 10.9. The van der Waals surface area contributed by atoms with Crippen LogP contribution in [0.2, 0.25) is 0 Å². The van der Waals surface area contributed by atoms with Crippen LogP contribution < -0.4 is 0 Å². The molecule has 0 spiro atoms. The minimum Gasteiger partial charge on any atom is -0.436 e. The van der Waals surface area contributed by atoms with Crippen LogP contribution in [-0.2, 0) is 14.3 Å². The zero-order chi connectivity index (χ0) is 21.5. The second-order valence-corrected chi connectivity index (χ2v) is 9.14. The molecule has 168 valence electrons. The molecular formula is C22H36N4O4. The van der Waals surface area contributed by atoms with Crippen LogP contribution in [-0.4, -0.2) is 84.3 Å². The Bertz CT molecular complexity index is 623. The number of carbonyl (C=O) groups is 2. The van der Waals surface area contributed by atoms with Crippen molar-refractivity contribution in [1.82, 2.24) is 14.7 Å². The van der Waals surface area contributed by atoms with Gasteiger partial charge in [0, 0.05) is 32.2 Å². The quantitative estimate of drug-likeness (QED) is 0.485. The molecule has 0 aromatic heterocycles. The number of nitrogens with zero attached hydrogens (tertiary/aromatic N) is 4. The Hall–Kier alpha value is -1.85. The number of hydrogen-bond donors (Lipinski definition) is 0. The normalized spacial score (nSPS) is 24.5. The van der Waals surface area contributed by atoms with E-state index >= 15 is 0 Å². The second kappa shape index (κ2) is 11.0. The molecule has 3 aliphatic rings. The summed E-state index contributed by atoms with van der Waals surface area (Å²) in [5, 5.41) is 9.79. The lowest BCUT2D eigenvalue weighted by Gasteiger charge is -2.32. The van der Waals surface area contributed by atoms with E-state index in [1.54, 1.807) is 4.90 Å². The van der Waals surface area contributed by atoms with Crippen LogP contribution in [0.4, 0.5) is 4.79 Å². The number of amides is 2. The molecule has 3 rings (SSSR count). The van der Waals surface area contributed by atoms with E-state index in [0.717, 1.165) is 19.5 Å². The van der Waals surface area contributed by atoms with Crippen LogP contribution in [0.5, 0.6) is 0 Å². The van der Waals surface area contributed by atoms with Gasteiger partial charge in [-0.25, -0.2) is 9.69 Å². The third-order valence-electron chi connectivity index (χ3n) is 6.47. The predicted molar refractivity (Wildman–Crippen MR) is 111 cm³/mol. The fourth-order valence-electron chi connectivity index (χ4n) is 4.79. The van der Waals surface area contributed by atoms with Gasteiger partial charge in [-0.2, -0.15) is 5.26 Å². The highest BCUT2D eigenvalue weighted by Gasteiger charge is 2.38. The minimum absolute atomic E-state index is 0.138. The SMILES string of the molecule is CC(C)CC(OC(=O)N1CCOCC1)C(=O)N(C#N)C1CCN(C2CCCCC2)C1. The Morgan fingerprint density at radius 3 is 2.47 bits per heavy atom. The van der Waals surface area contributed by atoms with Crippen molar-refractivity contribution >= 4 is 12.0 Å². The molecule has 2 atom stereocenters. The number of rotatable bonds is 6. The smallest absolute Gasteiger partial charge is 0.410 e. The van der Waals surface area contributed by atoms with Crippen molar-refractivity contribution in [3.63, 3.8) is 0 Å². The summed E-state index contributed by atoms with van der Waals surface area (Å²) in [4.78, 5) is 31.1. The van der Waals surface area contributed by atoms with Crippen molar-refractivity contribution in [2.45, 2.75) is 77.0 Å². The highest BCUT2D eigenvalue weighted by atomic mass is 16.6. The second-order valence-electron chi connectivity index (χ2n) is 9.14. The average Bonchev–Trinajstić information content (AvgIpc) is 3.24. The molecule has 0 N–H and O–H groups in total. The van der Waals surface area contributed by atoms with Crippen LogP contribution in [0.1, 0.15) is 58.8 Å². The van der Waals surface area contributed by atoms with Crippen molar-refractivity contribution in [1.29, 1.82) is 5.26 Å². The van der Waals surface area contributed by atoms with Crippen molar-refractivity contribution in [3.05, 3.63) is 0 Å². The lowest BCUT2D eigenvalue weighted by Crippen LogP contribution is -2.49. The molecule has 2 unspecified atom stereocenters. The molecule has 0 radical (unpaired) electrons. The third kappa shape index (κ3) is 5.86. The maximum atomic E-state index is 13.3. The number of morpholine rings is 1. The lowest BCUT2D eigenvalue weighted by molar-refractivity contribution is -0.140. The standard InChI is InChI=1S/C22H36N4O4/c1-17(2)14-20(30-22(28)24-10-12-29-13-11-24)21(27)26(16-23)19-8-9-25(15-19)18-6-4-3-5-7-18/h17-20H,3-15H2,1-2H3. The summed E-state index contributed by atoms with van der Waals surface area (Å²) in [7, 11) is 0. The van der Waals surface area contributed by atoms with Gasteiger partial charge < -0.3 is 14.4 Å². The molecule has 30 heavy (non-hydrogen) atoms. The average molecular weight is 421 g/mol. The van der Waals surface area contributed by atoms with Crippen LogP contribution >= 0.6 is 0 Å². The molecule has 0 bridgehead atoms. The highest BCUT2D eigenvalue weighted by Crippen LogP contribution is 2.28. The van der Waals surface area contributed by atoms with Gasteiger partial charge in [0.1, 0.15) is 0 Å². The summed E-state index contributed by atoms with van der Waals surface area (Å²) in [5.74, 6) is -0.220. The number of nitriles is 1. The summed E-state index contributed by atoms with van der Waals surface area (Å²) in [5.41, 5.74) is 0. The van der Waals surface area contributed by atoms with Gasteiger partial charge in [-0.3, -0.25) is 9.69 Å². The first-order valence-electron chi connectivity index (χ1n) is 11.5. The number of carbonyl (C=O) groups excluding carboxylic acids is 2. The number of hydrogen-bond acceptors (Lipinski definition) is 6. The van der Waals surface area contributed by atoms with E-state index in [-0.39, 0.29) is 17.9 Å². The Morgan fingerprint density at radius 1 is 1.13 bits per heavy atom. The maximum absolute atomic E-state index is 13.3. The van der Waals surface area contributed by atoms with Gasteiger partial charge in [0.15, 0.2) is 12.3 Å². The van der Waals surface area contributed by atoms with E-state index in [1.165, 1.54) is 37.0 Å². The molecule has 3 fully saturated rings. The van der Waals surface area contributed by atoms with Gasteiger partial charge in [0.25, 0.3) is 5.91 Å². The van der Waals surface area contributed by atoms with Gasteiger partial charge in [-0.15, -0.1) is 0 Å². The monoisotopic (exact) mass is 420 g/mol. The third-order valence-corrected chi connectivity index (χ3v) is 6.47. The molecule has 8 nitrogen and oxygen atoms in total. The largest absolute Gasteiger partial charge is 0.436 e. The van der Waals surface area contributed by atoms with Crippen molar-refractivity contribution in [2.24, 2.45) is 5.92 Å². The van der Waals surface area contributed by atoms with Crippen molar-refractivity contribution in [2.75, 3.05) is 39.4 Å². The van der Waals surface area contributed by atoms with Gasteiger partial charge in [0.05, 0.1) is 19.3 Å². The van der Waals surface area contributed by atoms with Crippen molar-refractivity contribution < 1.29 is 19.1 Å². The molecule has 2 amide bonds. The molecule has 1 saturated carbocycles. The Kier molecular flexibility index (Phi) is 8.34. The van der Waals surface area contributed by atoms with Crippen molar-refractivity contribution in [3.8, 4) is 6.19 Å². The van der Waals surface area contributed by atoms with E-state index < -0.39 is 12.2 Å². The Labute approximate surface area is 180 Å². The van der Waals surface area contributed by atoms with Gasteiger partial charge >= 0.3 is 6.09 Å². The van der Waals surface area contributed by atoms with Crippen LogP contribution in [0.15, 0.2) is 0 Å². The van der Waals surface area contributed by atoms with Gasteiger partial charge in [-0.1, -0.05) is 33.1 Å². The minimum atomic E-state index is -0.927. The van der Waals surface area contributed by atoms with E-state index in [1.807, 2.05) is 13.8 Å². The first-order valence-corrected chi connectivity index (χ1v) is 11.5. The molecular weight excluding hydrogens is 384 g/mol. The van der Waals surface area contributed by atoms with Gasteiger partial charge in [0.2, 0.25) is 0 Å². The van der Waals surface area contributed by atoms with E-state index in [4.69, 9.17) is 9.47 Å². The summed E-state index contributed by atoms with van der Waals surface area (Å²) in [6.45, 7) is 7.49. The van der Waals surface area contributed by atoms with Crippen LogP contribution in [0.3, 0.4) is 0 Å². The molecule has 1 aliphatic carbocycles. The molecule has 2 heterocycles. The molecule has 2 aliphatic heterocycles. The molecule has 8 heteroatoms. The zero-order valence-electron chi connectivity index (χ0n) is 18.4. The lowest BCUT2D eigenvalue weighted by atomic mass is 9.94. The van der Waals surface area contributed by atoms with E-state index in [0.29, 0.717) is 38.8 Å². The Balaban J connectivity index is 1.62. The van der Waals surface area contributed by atoms with Crippen LogP contribution in [0.25, 0.3) is 0 Å². The predicted octanol–water partition coefficient (Wildman–Crippen LogP) is 2.59. The first kappa shape index (κ1) is 22.8. The fraction of sp³-hybridized carbons (Fsp3) is 0.864. The zero-order valence-corrected chi connectivity index (χ0v) is 18.4. The molecule has 0 aromatic rings. The first-order chi connectivity index (χ1) is 14.5.